The molecule has 0 bridgehead atoms. The predicted octanol–water partition coefficient (Wildman–Crippen LogP) is 7.25. The minimum absolute atomic E-state index is 0.0200. The van der Waals surface area contributed by atoms with Gasteiger partial charge in [0, 0.05) is 12.2 Å². The van der Waals surface area contributed by atoms with Gasteiger partial charge in [0.2, 0.25) is 0 Å². The molecule has 0 unspecified atom stereocenters. The molecule has 4 aromatic rings. The molecule has 0 radical (unpaired) electrons. The average Bonchev–Trinajstić information content (AvgIpc) is 2.86. The number of amides is 1. The van der Waals surface area contributed by atoms with Crippen LogP contribution in [-0.4, -0.2) is 20.9 Å². The molecule has 184 valence electrons. The number of carbonyl (C=O) groups is 1. The van der Waals surface area contributed by atoms with E-state index in [1.807, 2.05) is 30.3 Å². The lowest BCUT2D eigenvalue weighted by atomic mass is 10.2. The van der Waals surface area contributed by atoms with E-state index in [-0.39, 0.29) is 27.0 Å². The van der Waals surface area contributed by atoms with Crippen LogP contribution in [0.25, 0.3) is 0 Å². The van der Waals surface area contributed by atoms with E-state index in [9.17, 15) is 13.2 Å². The first-order valence-electron chi connectivity index (χ1n) is 11.0. The number of ether oxygens (including phenoxy) is 1. The minimum atomic E-state index is -4.07. The Morgan fingerprint density at radius 3 is 2.03 bits per heavy atom. The molecule has 0 spiro atoms. The molecule has 9 heteroatoms. The van der Waals surface area contributed by atoms with Crippen LogP contribution < -0.4 is 14.4 Å². The Kier molecular flexibility index (Phi) is 7.84. The summed E-state index contributed by atoms with van der Waals surface area (Å²) in [6.45, 7) is 1.89. The fourth-order valence-corrected chi connectivity index (χ4v) is 5.84. The van der Waals surface area contributed by atoms with E-state index < -0.39 is 15.9 Å². The van der Waals surface area contributed by atoms with Crippen LogP contribution >= 0.6 is 23.2 Å². The molecule has 0 saturated carbocycles. The zero-order valence-corrected chi connectivity index (χ0v) is 21.5. The van der Waals surface area contributed by atoms with Gasteiger partial charge in [0.15, 0.2) is 0 Å². The predicted molar refractivity (Wildman–Crippen MR) is 144 cm³/mol. The number of hydrogen-bond donors (Lipinski definition) is 1. The first kappa shape index (κ1) is 25.6. The highest BCUT2D eigenvalue weighted by molar-refractivity contribution is 7.93. The number of benzene rings is 4. The molecule has 0 aliphatic heterocycles. The SMILES string of the molecule is CCN(c1ccccc1)S(=O)(=O)c1cc(C(=O)Nc2ccc(Oc3ccccc3)cc2)c(Cl)cc1Cl. The maximum atomic E-state index is 13.5. The van der Waals surface area contributed by atoms with E-state index in [2.05, 4.69) is 5.32 Å². The van der Waals surface area contributed by atoms with Crippen molar-refractivity contribution in [3.8, 4) is 11.5 Å². The monoisotopic (exact) mass is 540 g/mol. The smallest absolute Gasteiger partial charge is 0.265 e. The summed E-state index contributed by atoms with van der Waals surface area (Å²) in [7, 11) is -4.07. The Morgan fingerprint density at radius 1 is 0.833 bits per heavy atom. The van der Waals surface area contributed by atoms with Crippen molar-refractivity contribution in [3.05, 3.63) is 113 Å². The van der Waals surface area contributed by atoms with Gasteiger partial charge in [-0.25, -0.2) is 8.42 Å². The van der Waals surface area contributed by atoms with Crippen molar-refractivity contribution in [1.29, 1.82) is 0 Å². The third kappa shape index (κ3) is 5.65. The van der Waals surface area contributed by atoms with Crippen molar-refractivity contribution >= 4 is 50.5 Å². The number of sulfonamides is 1. The van der Waals surface area contributed by atoms with Crippen LogP contribution in [0.2, 0.25) is 10.0 Å². The number of nitrogens with zero attached hydrogens (tertiary/aromatic N) is 1. The highest BCUT2D eigenvalue weighted by Crippen LogP contribution is 2.33. The van der Waals surface area contributed by atoms with E-state index in [1.165, 1.54) is 16.4 Å². The van der Waals surface area contributed by atoms with Crippen LogP contribution in [0, 0.1) is 0 Å². The number of anilines is 2. The molecule has 0 atom stereocenters. The molecule has 0 saturated heterocycles. The average molecular weight is 541 g/mol. The highest BCUT2D eigenvalue weighted by Gasteiger charge is 2.28. The second kappa shape index (κ2) is 11.0. The highest BCUT2D eigenvalue weighted by atomic mass is 35.5. The van der Waals surface area contributed by atoms with Crippen molar-refractivity contribution in [2.45, 2.75) is 11.8 Å². The molecule has 1 amide bonds. The van der Waals surface area contributed by atoms with Gasteiger partial charge < -0.3 is 10.1 Å². The second-order valence-corrected chi connectivity index (χ2v) is 10.3. The van der Waals surface area contributed by atoms with Gasteiger partial charge in [-0.2, -0.15) is 0 Å². The van der Waals surface area contributed by atoms with Gasteiger partial charge in [-0.1, -0.05) is 59.6 Å². The molecule has 36 heavy (non-hydrogen) atoms. The molecule has 1 N–H and O–H groups in total. The minimum Gasteiger partial charge on any atom is -0.457 e. The normalized spacial score (nSPS) is 11.1. The van der Waals surface area contributed by atoms with E-state index in [0.29, 0.717) is 22.9 Å². The summed E-state index contributed by atoms with van der Waals surface area (Å²) >= 11 is 12.6. The Labute approximate surface area is 220 Å². The van der Waals surface area contributed by atoms with Crippen LogP contribution in [0.5, 0.6) is 11.5 Å². The zero-order valence-electron chi connectivity index (χ0n) is 19.2. The summed E-state index contributed by atoms with van der Waals surface area (Å²) in [6.07, 6.45) is 0. The van der Waals surface area contributed by atoms with Crippen LogP contribution in [0.4, 0.5) is 11.4 Å². The van der Waals surface area contributed by atoms with E-state index >= 15 is 0 Å². The lowest BCUT2D eigenvalue weighted by molar-refractivity contribution is 0.102. The van der Waals surface area contributed by atoms with Crippen molar-refractivity contribution in [2.75, 3.05) is 16.2 Å². The van der Waals surface area contributed by atoms with Crippen molar-refractivity contribution in [2.24, 2.45) is 0 Å². The molecule has 0 aliphatic carbocycles. The summed E-state index contributed by atoms with van der Waals surface area (Å²) in [5.41, 5.74) is 0.943. The topological polar surface area (TPSA) is 75.7 Å². The Balaban J connectivity index is 1.58. The first-order valence-corrected chi connectivity index (χ1v) is 13.2. The van der Waals surface area contributed by atoms with Gasteiger partial charge in [0.1, 0.15) is 16.4 Å². The van der Waals surface area contributed by atoms with Gasteiger partial charge in [-0.15, -0.1) is 0 Å². The Morgan fingerprint density at radius 2 is 1.42 bits per heavy atom. The van der Waals surface area contributed by atoms with Gasteiger partial charge in [0.25, 0.3) is 15.9 Å². The lowest BCUT2D eigenvalue weighted by Crippen LogP contribution is -2.31. The quantitative estimate of drug-likeness (QED) is 0.255. The van der Waals surface area contributed by atoms with Crippen LogP contribution in [-0.2, 0) is 10.0 Å². The molecule has 4 rings (SSSR count). The molecular weight excluding hydrogens is 519 g/mol. The molecule has 0 aliphatic rings. The lowest BCUT2D eigenvalue weighted by Gasteiger charge is -2.24. The summed E-state index contributed by atoms with van der Waals surface area (Å²) in [4.78, 5) is 12.8. The van der Waals surface area contributed by atoms with Crippen LogP contribution in [0.15, 0.2) is 102 Å². The Bertz CT molecular complexity index is 1460. The third-order valence-electron chi connectivity index (χ3n) is 5.26. The molecule has 4 aromatic carbocycles. The number of halogens is 2. The third-order valence-corrected chi connectivity index (χ3v) is 7.94. The molecule has 0 fully saturated rings. The maximum Gasteiger partial charge on any atom is 0.265 e. The second-order valence-electron chi connectivity index (χ2n) is 7.66. The van der Waals surface area contributed by atoms with E-state index in [4.69, 9.17) is 27.9 Å². The number of nitrogens with one attached hydrogen (secondary N) is 1. The number of carbonyl (C=O) groups excluding carboxylic acids is 1. The summed E-state index contributed by atoms with van der Waals surface area (Å²) < 4.78 is 33.9. The standard InChI is InChI=1S/C27H22Cl2N2O4S/c1-2-31(20-9-5-3-6-10-20)36(33,34)26-17-23(24(28)18-25(26)29)27(32)30-19-13-15-22(16-14-19)35-21-11-7-4-8-12-21/h3-18H,2H2,1H3,(H,30,32). The number of hydrogen-bond acceptors (Lipinski definition) is 4. The Hall–Kier alpha value is -3.52. The first-order chi connectivity index (χ1) is 17.3. The summed E-state index contributed by atoms with van der Waals surface area (Å²) in [6, 6.07) is 27.2. The van der Waals surface area contributed by atoms with Gasteiger partial charge in [-0.3, -0.25) is 9.10 Å². The fraction of sp³-hybridized carbons (Fsp3) is 0.0741. The zero-order chi connectivity index (χ0) is 25.7. The van der Waals surface area contributed by atoms with Gasteiger partial charge in [0.05, 0.1) is 21.3 Å². The van der Waals surface area contributed by atoms with Crippen LogP contribution in [0.1, 0.15) is 17.3 Å². The fourth-order valence-electron chi connectivity index (χ4n) is 3.53. The van der Waals surface area contributed by atoms with E-state index in [0.717, 1.165) is 0 Å². The summed E-state index contributed by atoms with van der Waals surface area (Å²) in [5.74, 6) is 0.706. The largest absolute Gasteiger partial charge is 0.457 e. The van der Waals surface area contributed by atoms with E-state index in [1.54, 1.807) is 61.5 Å². The molecule has 0 aromatic heterocycles. The maximum absolute atomic E-state index is 13.5. The van der Waals surface area contributed by atoms with Gasteiger partial charge in [-0.05, 0) is 67.6 Å². The van der Waals surface area contributed by atoms with Crippen LogP contribution in [0.3, 0.4) is 0 Å². The van der Waals surface area contributed by atoms with Crippen molar-refractivity contribution < 1.29 is 17.9 Å². The molecule has 0 heterocycles. The molecular formula is C27H22Cl2N2O4S. The molecule has 6 nitrogen and oxygen atoms in total. The number of para-hydroxylation sites is 2. The van der Waals surface area contributed by atoms with Crippen molar-refractivity contribution in [3.63, 3.8) is 0 Å². The van der Waals surface area contributed by atoms with Gasteiger partial charge >= 0.3 is 0 Å². The summed E-state index contributed by atoms with van der Waals surface area (Å²) in [5, 5.41) is 2.69. The van der Waals surface area contributed by atoms with Crippen molar-refractivity contribution in [1.82, 2.24) is 0 Å². The number of rotatable bonds is 8.